The number of aromatic nitrogens is 1. The van der Waals surface area contributed by atoms with Crippen molar-refractivity contribution in [2.45, 2.75) is 32.7 Å². The molecular weight excluding hydrogens is 297 g/mol. The molecule has 0 unspecified atom stereocenters. The van der Waals surface area contributed by atoms with Gasteiger partial charge in [0, 0.05) is 25.7 Å². The number of nitrogens with zero attached hydrogens (tertiary/aromatic N) is 1. The van der Waals surface area contributed by atoms with E-state index in [0.717, 1.165) is 32.5 Å². The molecule has 112 valence electrons. The number of likely N-dealkylation sites (tertiary alicyclic amines) is 1. The van der Waals surface area contributed by atoms with Crippen LogP contribution in [0.3, 0.4) is 0 Å². The predicted octanol–water partition coefficient (Wildman–Crippen LogP) is 3.17. The van der Waals surface area contributed by atoms with Crippen LogP contribution in [0.4, 0.5) is 0 Å². The Hall–Kier alpha value is -0.710. The Labute approximate surface area is 129 Å². The average molecular weight is 318 g/mol. The van der Waals surface area contributed by atoms with E-state index in [1.165, 1.54) is 0 Å². The fourth-order valence-corrected chi connectivity index (χ4v) is 2.88. The van der Waals surface area contributed by atoms with E-state index >= 15 is 0 Å². The van der Waals surface area contributed by atoms with Gasteiger partial charge in [-0.25, -0.2) is 0 Å². The summed E-state index contributed by atoms with van der Waals surface area (Å²) >= 11 is 11.6. The lowest BCUT2D eigenvalue weighted by Crippen LogP contribution is -2.45. The van der Waals surface area contributed by atoms with Crippen LogP contribution in [0.5, 0.6) is 0 Å². The lowest BCUT2D eigenvalue weighted by atomic mass is 10.0. The zero-order chi connectivity index (χ0) is 14.7. The molecule has 1 amide bonds. The van der Waals surface area contributed by atoms with Crippen molar-refractivity contribution in [3.63, 3.8) is 0 Å². The molecule has 1 aromatic heterocycles. The summed E-state index contributed by atoms with van der Waals surface area (Å²) in [4.78, 5) is 17.3. The number of H-pyrrole nitrogens is 1. The van der Waals surface area contributed by atoms with Crippen LogP contribution < -0.4 is 5.32 Å². The highest BCUT2D eigenvalue weighted by Crippen LogP contribution is 2.22. The van der Waals surface area contributed by atoms with Gasteiger partial charge in [0.25, 0.3) is 5.91 Å². The van der Waals surface area contributed by atoms with Crippen molar-refractivity contribution in [1.82, 2.24) is 15.2 Å². The van der Waals surface area contributed by atoms with Crippen molar-refractivity contribution in [1.29, 1.82) is 0 Å². The Morgan fingerprint density at radius 2 is 2.10 bits per heavy atom. The first-order valence-corrected chi connectivity index (χ1v) is 7.78. The first-order valence-electron chi connectivity index (χ1n) is 7.03. The van der Waals surface area contributed by atoms with Gasteiger partial charge in [-0.3, -0.25) is 4.79 Å². The molecule has 0 saturated carbocycles. The van der Waals surface area contributed by atoms with Crippen LogP contribution in [0.25, 0.3) is 0 Å². The maximum atomic E-state index is 12.1. The fourth-order valence-electron chi connectivity index (χ4n) is 2.57. The first-order chi connectivity index (χ1) is 9.45. The van der Waals surface area contributed by atoms with Crippen molar-refractivity contribution < 1.29 is 4.79 Å². The Morgan fingerprint density at radius 1 is 1.45 bits per heavy atom. The molecule has 1 fully saturated rings. The molecule has 2 heterocycles. The molecule has 0 aliphatic carbocycles. The quantitative estimate of drug-likeness (QED) is 0.896. The summed E-state index contributed by atoms with van der Waals surface area (Å²) in [5.74, 6) is 0.547. The van der Waals surface area contributed by atoms with Gasteiger partial charge >= 0.3 is 0 Å². The molecule has 1 aliphatic heterocycles. The Kier molecular flexibility index (Phi) is 5.35. The number of rotatable bonds is 4. The summed E-state index contributed by atoms with van der Waals surface area (Å²) in [6.07, 6.45) is 1.97. The zero-order valence-electron chi connectivity index (χ0n) is 11.9. The molecule has 0 radical (unpaired) electrons. The Balaban J connectivity index is 1.82. The highest BCUT2D eigenvalue weighted by molar-refractivity contribution is 6.41. The van der Waals surface area contributed by atoms with E-state index in [4.69, 9.17) is 23.2 Å². The lowest BCUT2D eigenvalue weighted by molar-refractivity contribution is 0.0903. The second-order valence-electron chi connectivity index (χ2n) is 5.79. The van der Waals surface area contributed by atoms with Crippen LogP contribution in [0.2, 0.25) is 10.2 Å². The van der Waals surface area contributed by atoms with E-state index in [9.17, 15) is 4.79 Å². The molecule has 2 rings (SSSR count). The summed E-state index contributed by atoms with van der Waals surface area (Å²) in [6, 6.07) is 1.79. The fraction of sp³-hybridized carbons (Fsp3) is 0.643. The standard InChI is InChI=1S/C14H21Cl2N3O/c1-9(2)8-19-5-3-10(4-6-19)17-14(20)12-7-11(15)13(16)18-12/h7,9-10,18H,3-6,8H2,1-2H3,(H,17,20). The molecule has 20 heavy (non-hydrogen) atoms. The highest BCUT2D eigenvalue weighted by atomic mass is 35.5. The molecule has 1 saturated heterocycles. The van der Waals surface area contributed by atoms with Crippen LogP contribution in [-0.2, 0) is 0 Å². The van der Waals surface area contributed by atoms with E-state index < -0.39 is 0 Å². The van der Waals surface area contributed by atoms with Gasteiger partial charge in [0.2, 0.25) is 0 Å². The number of nitrogens with one attached hydrogen (secondary N) is 2. The maximum absolute atomic E-state index is 12.1. The van der Waals surface area contributed by atoms with Crippen molar-refractivity contribution >= 4 is 29.1 Å². The van der Waals surface area contributed by atoms with E-state index in [-0.39, 0.29) is 11.9 Å². The molecule has 6 heteroatoms. The third kappa shape index (κ3) is 4.14. The largest absolute Gasteiger partial charge is 0.348 e. The van der Waals surface area contributed by atoms with E-state index in [0.29, 0.717) is 21.8 Å². The molecule has 0 atom stereocenters. The second kappa shape index (κ2) is 6.83. The normalized spacial score (nSPS) is 17.6. The molecule has 1 aliphatic rings. The minimum absolute atomic E-state index is 0.138. The molecule has 4 nitrogen and oxygen atoms in total. The van der Waals surface area contributed by atoms with Crippen LogP contribution in [0.1, 0.15) is 37.2 Å². The smallest absolute Gasteiger partial charge is 0.268 e. The third-order valence-electron chi connectivity index (χ3n) is 3.52. The number of aromatic amines is 1. The molecule has 0 spiro atoms. The minimum Gasteiger partial charge on any atom is -0.348 e. The summed E-state index contributed by atoms with van der Waals surface area (Å²) in [7, 11) is 0. The maximum Gasteiger partial charge on any atom is 0.268 e. The zero-order valence-corrected chi connectivity index (χ0v) is 13.4. The summed E-state index contributed by atoms with van der Waals surface area (Å²) in [5, 5.41) is 3.72. The lowest BCUT2D eigenvalue weighted by Gasteiger charge is -2.33. The monoisotopic (exact) mass is 317 g/mol. The van der Waals surface area contributed by atoms with Gasteiger partial charge in [-0.1, -0.05) is 37.0 Å². The molecule has 0 bridgehead atoms. The summed E-state index contributed by atoms with van der Waals surface area (Å²) in [6.45, 7) is 7.66. The van der Waals surface area contributed by atoms with Gasteiger partial charge in [0.1, 0.15) is 10.8 Å². The van der Waals surface area contributed by atoms with Gasteiger partial charge in [0.15, 0.2) is 0 Å². The number of halogens is 2. The number of amides is 1. The van der Waals surface area contributed by atoms with Gasteiger partial charge in [-0.15, -0.1) is 0 Å². The van der Waals surface area contributed by atoms with E-state index in [2.05, 4.69) is 29.0 Å². The minimum atomic E-state index is -0.138. The summed E-state index contributed by atoms with van der Waals surface area (Å²) in [5.41, 5.74) is 0.421. The van der Waals surface area contributed by atoms with Crippen molar-refractivity contribution in [3.8, 4) is 0 Å². The topological polar surface area (TPSA) is 48.1 Å². The van der Waals surface area contributed by atoms with Crippen molar-refractivity contribution in [3.05, 3.63) is 21.9 Å². The number of piperidine rings is 1. The molecule has 1 aromatic rings. The highest BCUT2D eigenvalue weighted by Gasteiger charge is 2.22. The van der Waals surface area contributed by atoms with Crippen LogP contribution in [0.15, 0.2) is 6.07 Å². The molecule has 0 aromatic carbocycles. The van der Waals surface area contributed by atoms with Gasteiger partial charge in [-0.2, -0.15) is 0 Å². The van der Waals surface area contributed by atoms with Crippen LogP contribution in [0, 0.1) is 5.92 Å². The van der Waals surface area contributed by atoms with Gasteiger partial charge in [-0.05, 0) is 24.8 Å². The average Bonchev–Trinajstić information content (AvgIpc) is 2.71. The van der Waals surface area contributed by atoms with Gasteiger partial charge < -0.3 is 15.2 Å². The third-order valence-corrected chi connectivity index (χ3v) is 4.21. The molecular formula is C14H21Cl2N3O. The van der Waals surface area contributed by atoms with E-state index in [1.54, 1.807) is 6.07 Å². The predicted molar refractivity (Wildman–Crippen MR) is 82.6 cm³/mol. The second-order valence-corrected chi connectivity index (χ2v) is 6.57. The van der Waals surface area contributed by atoms with Crippen LogP contribution in [-0.4, -0.2) is 41.5 Å². The first kappa shape index (κ1) is 15.7. The Morgan fingerprint density at radius 3 is 2.60 bits per heavy atom. The van der Waals surface area contributed by atoms with E-state index in [1.807, 2.05) is 0 Å². The van der Waals surface area contributed by atoms with Crippen molar-refractivity contribution in [2.24, 2.45) is 5.92 Å². The number of hydrogen-bond donors (Lipinski definition) is 2. The summed E-state index contributed by atoms with van der Waals surface area (Å²) < 4.78 is 0. The van der Waals surface area contributed by atoms with Gasteiger partial charge in [0.05, 0.1) is 5.02 Å². The SMILES string of the molecule is CC(C)CN1CCC(NC(=O)c2cc(Cl)c(Cl)[nH]2)CC1. The molecule has 2 N–H and O–H groups in total. The number of hydrogen-bond acceptors (Lipinski definition) is 2. The number of carbonyl (C=O) groups excluding carboxylic acids is 1. The van der Waals surface area contributed by atoms with Crippen molar-refractivity contribution in [2.75, 3.05) is 19.6 Å². The Bertz CT molecular complexity index is 445. The van der Waals surface area contributed by atoms with Crippen LogP contribution >= 0.6 is 23.2 Å². The number of carbonyl (C=O) groups is 1.